The van der Waals surface area contributed by atoms with Crippen molar-refractivity contribution in [3.05, 3.63) is 0 Å². The highest BCUT2D eigenvalue weighted by molar-refractivity contribution is 5.89. The monoisotopic (exact) mass is 292 g/mol. The molecular formula is C10H20N4O6. The Morgan fingerprint density at radius 1 is 1.20 bits per heavy atom. The summed E-state index contributed by atoms with van der Waals surface area (Å²) in [5, 5.41) is 22.6. The predicted molar refractivity (Wildman–Crippen MR) is 67.4 cm³/mol. The fraction of sp³-hybridized carbons (Fsp3) is 0.700. The normalized spacial score (nSPS) is 13.7. The van der Waals surface area contributed by atoms with E-state index in [0.29, 0.717) is 0 Å². The zero-order valence-corrected chi connectivity index (χ0v) is 10.9. The van der Waals surface area contributed by atoms with E-state index >= 15 is 0 Å². The second kappa shape index (κ2) is 9.20. The van der Waals surface area contributed by atoms with Crippen molar-refractivity contribution in [2.75, 3.05) is 26.2 Å². The van der Waals surface area contributed by atoms with Gasteiger partial charge in [0.15, 0.2) is 0 Å². The Kier molecular flexibility index (Phi) is 8.40. The molecule has 0 rings (SSSR count). The third-order valence-electron chi connectivity index (χ3n) is 2.61. The zero-order valence-electron chi connectivity index (χ0n) is 10.9. The summed E-state index contributed by atoms with van der Waals surface area (Å²) in [4.78, 5) is 36.7. The summed E-state index contributed by atoms with van der Waals surface area (Å²) in [7, 11) is 0. The van der Waals surface area contributed by atoms with Crippen molar-refractivity contribution in [2.45, 2.75) is 18.4 Å². The Bertz CT molecular complexity index is 351. The van der Waals surface area contributed by atoms with Gasteiger partial charge in [0, 0.05) is 19.5 Å². The molecule has 0 aromatic rings. The minimum Gasteiger partial charge on any atom is -0.481 e. The molecule has 0 aliphatic carbocycles. The molecule has 0 radical (unpaired) electrons. The van der Waals surface area contributed by atoms with Gasteiger partial charge in [0.25, 0.3) is 0 Å². The second-order valence-electron chi connectivity index (χ2n) is 4.17. The van der Waals surface area contributed by atoms with Crippen molar-refractivity contribution in [3.8, 4) is 0 Å². The van der Waals surface area contributed by atoms with E-state index in [-0.39, 0.29) is 32.7 Å². The standard InChI is InChI=1S/C10H20N4O6/c11-7(15)6-13-2-3-14-10(9(12)18,1-4-20-19)5-8(16)17/h13-14,19H,1-6H2,(H2,11,15)(H2,12,18)(H,16,17). The predicted octanol–water partition coefficient (Wildman–Crippen LogP) is -2.77. The van der Waals surface area contributed by atoms with Gasteiger partial charge in [-0.1, -0.05) is 0 Å². The van der Waals surface area contributed by atoms with E-state index in [0.717, 1.165) is 0 Å². The molecule has 10 nitrogen and oxygen atoms in total. The molecule has 0 aliphatic heterocycles. The van der Waals surface area contributed by atoms with Gasteiger partial charge >= 0.3 is 5.97 Å². The minimum absolute atomic E-state index is 0.0378. The van der Waals surface area contributed by atoms with Crippen LogP contribution in [0.5, 0.6) is 0 Å². The molecule has 0 saturated carbocycles. The summed E-state index contributed by atoms with van der Waals surface area (Å²) in [6.45, 7) is 0.161. The SMILES string of the molecule is NC(=O)CNCCNC(CCOO)(CC(=O)O)C(N)=O. The summed E-state index contributed by atoms with van der Waals surface area (Å²) in [5.41, 5.74) is 8.61. The lowest BCUT2D eigenvalue weighted by molar-refractivity contribution is -0.245. The minimum atomic E-state index is -1.54. The molecule has 8 N–H and O–H groups in total. The molecule has 0 saturated heterocycles. The smallest absolute Gasteiger partial charge is 0.305 e. The van der Waals surface area contributed by atoms with Crippen LogP contribution < -0.4 is 22.1 Å². The number of primary amides is 2. The Labute approximate surface area is 115 Å². The molecule has 116 valence electrons. The van der Waals surface area contributed by atoms with E-state index in [1.165, 1.54) is 0 Å². The Morgan fingerprint density at radius 2 is 1.85 bits per heavy atom. The number of carbonyl (C=O) groups is 3. The molecule has 10 heteroatoms. The van der Waals surface area contributed by atoms with Gasteiger partial charge in [0.05, 0.1) is 19.6 Å². The third kappa shape index (κ3) is 6.99. The van der Waals surface area contributed by atoms with Gasteiger partial charge in [-0.05, 0) is 0 Å². The summed E-state index contributed by atoms with van der Waals surface area (Å²) < 4.78 is 0. The second-order valence-corrected chi connectivity index (χ2v) is 4.17. The van der Waals surface area contributed by atoms with Crippen molar-refractivity contribution in [2.24, 2.45) is 11.5 Å². The topological polar surface area (TPSA) is 177 Å². The maximum absolute atomic E-state index is 11.5. The number of nitrogens with two attached hydrogens (primary N) is 2. The van der Waals surface area contributed by atoms with Crippen LogP contribution in [0.4, 0.5) is 0 Å². The molecule has 0 fully saturated rings. The van der Waals surface area contributed by atoms with Gasteiger partial charge in [-0.3, -0.25) is 19.6 Å². The van der Waals surface area contributed by atoms with E-state index in [1.54, 1.807) is 0 Å². The van der Waals surface area contributed by atoms with E-state index < -0.39 is 29.7 Å². The lowest BCUT2D eigenvalue weighted by Gasteiger charge is -2.30. The summed E-state index contributed by atoms with van der Waals surface area (Å²) in [6, 6.07) is 0. The van der Waals surface area contributed by atoms with Crippen molar-refractivity contribution >= 4 is 17.8 Å². The molecule has 0 spiro atoms. The van der Waals surface area contributed by atoms with Gasteiger partial charge in [-0.25, -0.2) is 4.89 Å². The number of rotatable bonds is 12. The van der Waals surface area contributed by atoms with Crippen LogP contribution in [0.15, 0.2) is 0 Å². The number of nitrogens with one attached hydrogen (secondary N) is 2. The molecule has 0 bridgehead atoms. The van der Waals surface area contributed by atoms with Crippen LogP contribution in [0.2, 0.25) is 0 Å². The quantitative estimate of drug-likeness (QED) is 0.127. The van der Waals surface area contributed by atoms with E-state index in [4.69, 9.17) is 21.8 Å². The number of carboxylic acids is 1. The number of carboxylic acid groups (broad SMARTS) is 1. The summed E-state index contributed by atoms with van der Waals surface area (Å²) >= 11 is 0. The molecule has 2 amide bonds. The molecule has 0 aromatic heterocycles. The number of hydrogen-bond acceptors (Lipinski definition) is 7. The van der Waals surface area contributed by atoms with Crippen LogP contribution in [0.25, 0.3) is 0 Å². The van der Waals surface area contributed by atoms with Gasteiger partial charge in [-0.15, -0.1) is 0 Å². The van der Waals surface area contributed by atoms with Crippen LogP contribution in [0, 0.1) is 0 Å². The molecular weight excluding hydrogens is 272 g/mol. The van der Waals surface area contributed by atoms with Gasteiger partial charge in [-0.2, -0.15) is 0 Å². The van der Waals surface area contributed by atoms with Crippen LogP contribution in [-0.2, 0) is 19.3 Å². The Balaban J connectivity index is 4.52. The number of amides is 2. The van der Waals surface area contributed by atoms with Crippen molar-refractivity contribution in [1.29, 1.82) is 0 Å². The van der Waals surface area contributed by atoms with Crippen LogP contribution >= 0.6 is 0 Å². The Hall–Kier alpha value is -1.75. The van der Waals surface area contributed by atoms with E-state index in [1.807, 2.05) is 0 Å². The highest BCUT2D eigenvalue weighted by Crippen LogP contribution is 2.15. The van der Waals surface area contributed by atoms with Gasteiger partial charge in [0.2, 0.25) is 11.8 Å². The van der Waals surface area contributed by atoms with E-state index in [9.17, 15) is 14.4 Å². The number of carbonyl (C=O) groups excluding carboxylic acids is 2. The molecule has 0 aliphatic rings. The number of hydrogen-bond donors (Lipinski definition) is 6. The lowest BCUT2D eigenvalue weighted by Crippen LogP contribution is -2.58. The van der Waals surface area contributed by atoms with Crippen LogP contribution in [0.3, 0.4) is 0 Å². The highest BCUT2D eigenvalue weighted by atomic mass is 17.1. The maximum atomic E-state index is 11.5. The zero-order chi connectivity index (χ0) is 15.6. The molecule has 0 aromatic carbocycles. The summed E-state index contributed by atoms with van der Waals surface area (Å²) in [6.07, 6.45) is -0.664. The fourth-order valence-electron chi connectivity index (χ4n) is 1.62. The van der Waals surface area contributed by atoms with Gasteiger partial charge < -0.3 is 27.2 Å². The Morgan fingerprint density at radius 3 is 2.30 bits per heavy atom. The fourth-order valence-corrected chi connectivity index (χ4v) is 1.62. The molecule has 0 heterocycles. The molecule has 1 atom stereocenters. The maximum Gasteiger partial charge on any atom is 0.305 e. The number of aliphatic carboxylic acids is 1. The largest absolute Gasteiger partial charge is 0.481 e. The first-order chi connectivity index (χ1) is 9.34. The van der Waals surface area contributed by atoms with Crippen molar-refractivity contribution < 1.29 is 29.6 Å². The average Bonchev–Trinajstić information content (AvgIpc) is 2.33. The van der Waals surface area contributed by atoms with Gasteiger partial charge in [0.1, 0.15) is 5.54 Å². The first kappa shape index (κ1) is 18.2. The third-order valence-corrected chi connectivity index (χ3v) is 2.61. The van der Waals surface area contributed by atoms with Crippen molar-refractivity contribution in [3.63, 3.8) is 0 Å². The molecule has 1 unspecified atom stereocenters. The van der Waals surface area contributed by atoms with Crippen LogP contribution in [0.1, 0.15) is 12.8 Å². The van der Waals surface area contributed by atoms with Crippen LogP contribution in [-0.4, -0.2) is 59.9 Å². The average molecular weight is 292 g/mol. The highest BCUT2D eigenvalue weighted by Gasteiger charge is 2.38. The molecule has 20 heavy (non-hydrogen) atoms. The lowest BCUT2D eigenvalue weighted by atomic mass is 9.90. The first-order valence-corrected chi connectivity index (χ1v) is 5.86. The summed E-state index contributed by atoms with van der Waals surface area (Å²) in [5.74, 6) is -2.63. The first-order valence-electron chi connectivity index (χ1n) is 5.86. The van der Waals surface area contributed by atoms with E-state index in [2.05, 4.69) is 15.5 Å². The van der Waals surface area contributed by atoms with Crippen molar-refractivity contribution in [1.82, 2.24) is 10.6 Å².